The smallest absolute Gasteiger partial charge is 0.251 e. The van der Waals surface area contributed by atoms with Gasteiger partial charge < -0.3 is 19.7 Å². The van der Waals surface area contributed by atoms with Crippen molar-refractivity contribution in [2.45, 2.75) is 42.1 Å². The summed E-state index contributed by atoms with van der Waals surface area (Å²) in [6.45, 7) is -1.01. The molecule has 1 amide bonds. The highest BCUT2D eigenvalue weighted by Crippen LogP contribution is 2.43. The molecule has 0 bridgehead atoms. The highest BCUT2D eigenvalue weighted by Gasteiger charge is 2.36. The number of amides is 1. The van der Waals surface area contributed by atoms with Gasteiger partial charge in [0.05, 0.1) is 30.9 Å². The van der Waals surface area contributed by atoms with Crippen molar-refractivity contribution < 1.29 is 41.7 Å². The molecular formula is C30H29F4N5O5S. The second kappa shape index (κ2) is 12.5. The van der Waals surface area contributed by atoms with Crippen LogP contribution in [0.1, 0.15) is 48.4 Å². The molecule has 2 aliphatic heterocycles. The minimum Gasteiger partial charge on any atom is -0.489 e. The van der Waals surface area contributed by atoms with Gasteiger partial charge in [0.15, 0.2) is 23.1 Å². The number of nitrogens with one attached hydrogen (secondary N) is 1. The third-order valence-corrected chi connectivity index (χ3v) is 9.34. The Labute approximate surface area is 256 Å². The fourth-order valence-electron chi connectivity index (χ4n) is 5.10. The van der Waals surface area contributed by atoms with E-state index in [0.717, 1.165) is 41.9 Å². The summed E-state index contributed by atoms with van der Waals surface area (Å²) in [6.07, 6.45) is 3.48. The highest BCUT2D eigenvalue weighted by molar-refractivity contribution is 7.92. The first-order valence-electron chi connectivity index (χ1n) is 14.1. The van der Waals surface area contributed by atoms with Gasteiger partial charge in [0.25, 0.3) is 5.91 Å². The Morgan fingerprint density at radius 3 is 2.62 bits per heavy atom. The SMILES string of the molecule is FCF.O=C(NCc1cc2nc(N3CCOc4ccc(C5CC5)nc43)ccc2cn1)c1cc(F)c2c(c1)S(=O)(=O)[C@@H](F)CCO2.[HH]. The molecule has 5 heterocycles. The predicted octanol–water partition coefficient (Wildman–Crippen LogP) is 5.48. The van der Waals surface area contributed by atoms with Gasteiger partial charge in [-0.1, -0.05) is 0 Å². The Bertz CT molecular complexity index is 1880. The number of hydrogen-bond acceptors (Lipinski definition) is 9. The van der Waals surface area contributed by atoms with Crippen molar-refractivity contribution in [3.63, 3.8) is 0 Å². The number of ether oxygens (including phenoxy) is 2. The molecule has 1 saturated carbocycles. The Balaban J connectivity index is 0.00000100. The quantitative estimate of drug-likeness (QED) is 0.281. The number of carbonyl (C=O) groups is 1. The molecule has 3 aliphatic rings. The van der Waals surface area contributed by atoms with E-state index in [0.29, 0.717) is 41.8 Å². The van der Waals surface area contributed by atoms with Crippen LogP contribution < -0.4 is 19.7 Å². The van der Waals surface area contributed by atoms with Crippen molar-refractivity contribution in [3.8, 4) is 11.5 Å². The van der Waals surface area contributed by atoms with E-state index in [1.54, 1.807) is 12.3 Å². The lowest BCUT2D eigenvalue weighted by Crippen LogP contribution is -2.30. The average Bonchev–Trinajstić information content (AvgIpc) is 3.90. The number of halogens is 4. The van der Waals surface area contributed by atoms with Gasteiger partial charge in [-0.25, -0.2) is 35.9 Å². The lowest BCUT2D eigenvalue weighted by atomic mass is 10.2. The van der Waals surface area contributed by atoms with Crippen LogP contribution in [0.25, 0.3) is 10.9 Å². The number of aromatic nitrogens is 3. The summed E-state index contributed by atoms with van der Waals surface area (Å²) in [4.78, 5) is 28.3. The molecule has 0 saturated heterocycles. The molecule has 10 nitrogen and oxygen atoms in total. The second-order valence-electron chi connectivity index (χ2n) is 10.5. The molecule has 238 valence electrons. The average molecular weight is 648 g/mol. The largest absolute Gasteiger partial charge is 0.489 e. The predicted molar refractivity (Wildman–Crippen MR) is 157 cm³/mol. The molecular weight excluding hydrogens is 618 g/mol. The molecule has 4 aromatic rings. The highest BCUT2D eigenvalue weighted by atomic mass is 32.2. The van der Waals surface area contributed by atoms with Crippen LogP contribution in [-0.2, 0) is 16.4 Å². The first kappa shape index (κ1) is 30.5. The Hall–Kier alpha value is -4.53. The summed E-state index contributed by atoms with van der Waals surface area (Å²) in [5, 5.41) is 3.41. The molecule has 1 aliphatic carbocycles. The van der Waals surface area contributed by atoms with Crippen LogP contribution in [0.4, 0.5) is 29.2 Å². The van der Waals surface area contributed by atoms with Crippen molar-refractivity contribution >= 4 is 38.3 Å². The number of sulfone groups is 1. The molecule has 0 spiro atoms. The van der Waals surface area contributed by atoms with Crippen molar-refractivity contribution in [1.29, 1.82) is 0 Å². The maximum Gasteiger partial charge on any atom is 0.251 e. The van der Waals surface area contributed by atoms with E-state index in [9.17, 15) is 30.8 Å². The Morgan fingerprint density at radius 1 is 1.04 bits per heavy atom. The number of nitrogens with zero attached hydrogens (tertiary/aromatic N) is 4. The normalized spacial score (nSPS) is 18.3. The van der Waals surface area contributed by atoms with E-state index in [1.807, 2.05) is 29.2 Å². The number of anilines is 2. The first-order chi connectivity index (χ1) is 21.7. The summed E-state index contributed by atoms with van der Waals surface area (Å²) in [5.74, 6) is 0.250. The third kappa shape index (κ3) is 6.21. The van der Waals surface area contributed by atoms with Gasteiger partial charge in [-0.3, -0.25) is 9.78 Å². The summed E-state index contributed by atoms with van der Waals surface area (Å²) >= 11 is 0. The molecule has 15 heteroatoms. The van der Waals surface area contributed by atoms with Crippen LogP contribution in [0.2, 0.25) is 0 Å². The first-order valence-corrected chi connectivity index (χ1v) is 15.7. The van der Waals surface area contributed by atoms with Crippen LogP contribution in [-0.4, -0.2) is 61.5 Å². The number of carbonyl (C=O) groups excluding carboxylic acids is 1. The summed E-state index contributed by atoms with van der Waals surface area (Å²) in [5.41, 5.74) is -0.356. The minimum absolute atomic E-state index is 0. The van der Waals surface area contributed by atoms with Gasteiger partial charge in [0, 0.05) is 36.6 Å². The fourth-order valence-corrected chi connectivity index (χ4v) is 6.49. The Morgan fingerprint density at radius 2 is 1.84 bits per heavy atom. The number of rotatable bonds is 5. The maximum atomic E-state index is 14.7. The molecule has 1 N–H and O–H groups in total. The monoisotopic (exact) mass is 647 g/mol. The molecule has 1 atom stereocenters. The lowest BCUT2D eigenvalue weighted by Gasteiger charge is -2.29. The van der Waals surface area contributed by atoms with Crippen molar-refractivity contribution in [2.75, 3.05) is 31.6 Å². The van der Waals surface area contributed by atoms with E-state index in [2.05, 4.69) is 10.3 Å². The fraction of sp³-hybridized carbons (Fsp3) is 0.333. The molecule has 1 aromatic carbocycles. The van der Waals surface area contributed by atoms with Gasteiger partial charge in [-0.2, -0.15) is 0 Å². The van der Waals surface area contributed by atoms with E-state index in [1.165, 1.54) is 0 Å². The van der Waals surface area contributed by atoms with E-state index < -0.39 is 51.1 Å². The molecule has 1 fully saturated rings. The van der Waals surface area contributed by atoms with Crippen molar-refractivity contribution in [3.05, 3.63) is 71.4 Å². The van der Waals surface area contributed by atoms with Crippen molar-refractivity contribution in [2.24, 2.45) is 0 Å². The van der Waals surface area contributed by atoms with E-state index in [4.69, 9.17) is 19.4 Å². The zero-order valence-electron chi connectivity index (χ0n) is 23.7. The summed E-state index contributed by atoms with van der Waals surface area (Å²) in [7, 11) is -4.51. The van der Waals surface area contributed by atoms with Crippen LogP contribution in [0, 0.1) is 5.82 Å². The molecule has 45 heavy (non-hydrogen) atoms. The number of fused-ring (bicyclic) bond motifs is 3. The van der Waals surface area contributed by atoms with Crippen LogP contribution in [0.5, 0.6) is 11.5 Å². The number of alkyl halides is 3. The van der Waals surface area contributed by atoms with Gasteiger partial charge in [0.1, 0.15) is 17.3 Å². The van der Waals surface area contributed by atoms with Crippen LogP contribution in [0.15, 0.2) is 53.6 Å². The standard InChI is InChI=1S/C29H25F2N5O5S.CH2F2.H2/c30-20-11-18(12-24-27(20)41-9-7-25(31)42(24,38)39)29(37)33-15-19-13-22-17(14-32-19)3-6-26(34-22)36-8-10-40-23-5-4-21(16-1-2-16)35-28(23)36;2-1-3;/h3-6,11-14,16,25H,1-2,7-10,15H2,(H,33,37);1H2;1H/t25-;;/m1../s1. The van der Waals surface area contributed by atoms with Gasteiger partial charge in [-0.15, -0.1) is 0 Å². The molecule has 0 radical (unpaired) electrons. The zero-order valence-corrected chi connectivity index (χ0v) is 24.5. The Kier molecular flexibility index (Phi) is 8.44. The minimum atomic E-state index is -4.51. The maximum absolute atomic E-state index is 14.7. The third-order valence-electron chi connectivity index (χ3n) is 7.51. The zero-order chi connectivity index (χ0) is 31.7. The van der Waals surface area contributed by atoms with E-state index in [-0.39, 0.29) is 20.1 Å². The number of benzene rings is 1. The van der Waals surface area contributed by atoms with Crippen LogP contribution >= 0.6 is 0 Å². The van der Waals surface area contributed by atoms with Gasteiger partial charge >= 0.3 is 0 Å². The molecule has 3 aromatic heterocycles. The summed E-state index contributed by atoms with van der Waals surface area (Å²) < 4.78 is 84.2. The number of pyridine rings is 3. The summed E-state index contributed by atoms with van der Waals surface area (Å²) in [6, 6.07) is 11.3. The molecule has 7 rings (SSSR count). The van der Waals surface area contributed by atoms with E-state index >= 15 is 0 Å². The molecule has 0 unspecified atom stereocenters. The topological polar surface area (TPSA) is 124 Å². The van der Waals surface area contributed by atoms with Crippen LogP contribution in [0.3, 0.4) is 0 Å². The lowest BCUT2D eigenvalue weighted by molar-refractivity contribution is 0.0949. The number of hydrogen-bond donors (Lipinski definition) is 1. The van der Waals surface area contributed by atoms with Gasteiger partial charge in [-0.05, 0) is 55.3 Å². The second-order valence-corrected chi connectivity index (χ2v) is 12.6. The van der Waals surface area contributed by atoms with Crippen molar-refractivity contribution in [1.82, 2.24) is 20.3 Å². The van der Waals surface area contributed by atoms with Gasteiger partial charge in [0.2, 0.25) is 22.3 Å².